The van der Waals surface area contributed by atoms with Crippen LogP contribution in [-0.4, -0.2) is 18.1 Å². The molecule has 108 valence electrons. The topological polar surface area (TPSA) is 34.1 Å². The Morgan fingerprint density at radius 2 is 2.00 bits per heavy atom. The number of thiazole rings is 1. The minimum absolute atomic E-state index is 0.604. The summed E-state index contributed by atoms with van der Waals surface area (Å²) in [6.45, 7) is 4.22. The summed E-state index contributed by atoms with van der Waals surface area (Å²) in [7, 11) is 1.73. The second-order valence-electron chi connectivity index (χ2n) is 5.70. The lowest BCUT2D eigenvalue weighted by Gasteiger charge is -2.22. The molecule has 1 heterocycles. The van der Waals surface area contributed by atoms with Crippen molar-refractivity contribution in [3.63, 3.8) is 0 Å². The minimum Gasteiger partial charge on any atom is -0.496 e. The van der Waals surface area contributed by atoms with E-state index in [0.717, 1.165) is 16.4 Å². The Morgan fingerprint density at radius 3 is 2.70 bits per heavy atom. The van der Waals surface area contributed by atoms with E-state index in [-0.39, 0.29) is 0 Å². The lowest BCUT2D eigenvalue weighted by atomic mass is 9.96. The van der Waals surface area contributed by atoms with Crippen LogP contribution >= 0.6 is 11.3 Å². The smallest absolute Gasteiger partial charge is 0.184 e. The van der Waals surface area contributed by atoms with Crippen LogP contribution in [0.5, 0.6) is 5.75 Å². The third-order valence-electron chi connectivity index (χ3n) is 4.21. The van der Waals surface area contributed by atoms with Crippen molar-refractivity contribution < 1.29 is 4.74 Å². The molecule has 0 atom stereocenters. The summed E-state index contributed by atoms with van der Waals surface area (Å²) in [5, 5.41) is 4.69. The van der Waals surface area contributed by atoms with Crippen LogP contribution in [-0.2, 0) is 0 Å². The van der Waals surface area contributed by atoms with Crippen molar-refractivity contribution in [3.05, 3.63) is 17.2 Å². The number of methoxy groups -OCH3 is 1. The molecule has 0 spiro atoms. The fraction of sp³-hybridized carbons (Fsp3) is 0.562. The molecule has 20 heavy (non-hydrogen) atoms. The number of aromatic nitrogens is 1. The van der Waals surface area contributed by atoms with E-state index in [1.807, 2.05) is 0 Å². The van der Waals surface area contributed by atoms with Crippen molar-refractivity contribution in [3.8, 4) is 5.75 Å². The Hall–Kier alpha value is -1.29. The summed E-state index contributed by atoms with van der Waals surface area (Å²) in [6, 6.07) is 2.69. The SMILES string of the molecule is COc1cc(C)c2nc(NC3CCCCC3)sc2c1C. The molecule has 1 N–H and O–H groups in total. The molecule has 1 aliphatic rings. The maximum Gasteiger partial charge on any atom is 0.184 e. The molecule has 3 nitrogen and oxygen atoms in total. The number of ether oxygens (including phenoxy) is 1. The Labute approximate surface area is 124 Å². The maximum atomic E-state index is 5.45. The lowest BCUT2D eigenvalue weighted by molar-refractivity contribution is 0.412. The lowest BCUT2D eigenvalue weighted by Crippen LogP contribution is -2.21. The molecular formula is C16H22N2OS. The average Bonchev–Trinajstić information content (AvgIpc) is 2.88. The number of anilines is 1. The highest BCUT2D eigenvalue weighted by Crippen LogP contribution is 2.36. The number of aryl methyl sites for hydroxylation is 2. The van der Waals surface area contributed by atoms with Gasteiger partial charge in [0.05, 0.1) is 17.3 Å². The molecule has 0 bridgehead atoms. The zero-order valence-electron chi connectivity index (χ0n) is 12.5. The van der Waals surface area contributed by atoms with Crippen LogP contribution in [0.4, 0.5) is 5.13 Å². The summed E-state index contributed by atoms with van der Waals surface area (Å²) < 4.78 is 6.70. The molecule has 3 rings (SSSR count). The first-order valence-corrected chi connectivity index (χ1v) is 8.22. The monoisotopic (exact) mass is 290 g/mol. The maximum absolute atomic E-state index is 5.45. The van der Waals surface area contributed by atoms with E-state index in [1.165, 1.54) is 47.9 Å². The van der Waals surface area contributed by atoms with Gasteiger partial charge in [-0.15, -0.1) is 0 Å². The van der Waals surface area contributed by atoms with Gasteiger partial charge in [-0.3, -0.25) is 0 Å². The van der Waals surface area contributed by atoms with E-state index in [0.29, 0.717) is 6.04 Å². The van der Waals surface area contributed by atoms with E-state index in [4.69, 9.17) is 9.72 Å². The van der Waals surface area contributed by atoms with Crippen molar-refractivity contribution in [2.45, 2.75) is 52.0 Å². The molecule has 2 aromatic rings. The van der Waals surface area contributed by atoms with Crippen LogP contribution in [0.1, 0.15) is 43.2 Å². The highest BCUT2D eigenvalue weighted by molar-refractivity contribution is 7.22. The quantitative estimate of drug-likeness (QED) is 0.892. The number of rotatable bonds is 3. The van der Waals surface area contributed by atoms with Crippen molar-refractivity contribution in [2.24, 2.45) is 0 Å². The number of fused-ring (bicyclic) bond motifs is 1. The summed E-state index contributed by atoms with van der Waals surface area (Å²) in [4.78, 5) is 4.79. The van der Waals surface area contributed by atoms with Crippen LogP contribution in [0, 0.1) is 13.8 Å². The van der Waals surface area contributed by atoms with E-state index < -0.39 is 0 Å². The zero-order valence-corrected chi connectivity index (χ0v) is 13.3. The molecular weight excluding hydrogens is 268 g/mol. The van der Waals surface area contributed by atoms with Gasteiger partial charge >= 0.3 is 0 Å². The third kappa shape index (κ3) is 2.49. The van der Waals surface area contributed by atoms with Gasteiger partial charge in [0.25, 0.3) is 0 Å². The number of hydrogen-bond donors (Lipinski definition) is 1. The van der Waals surface area contributed by atoms with Crippen LogP contribution in [0.2, 0.25) is 0 Å². The van der Waals surface area contributed by atoms with Crippen LogP contribution in [0.3, 0.4) is 0 Å². The number of benzene rings is 1. The third-order valence-corrected chi connectivity index (χ3v) is 5.32. The van der Waals surface area contributed by atoms with Crippen LogP contribution in [0.25, 0.3) is 10.2 Å². The highest BCUT2D eigenvalue weighted by atomic mass is 32.1. The summed E-state index contributed by atoms with van der Waals surface area (Å²) >= 11 is 1.76. The summed E-state index contributed by atoms with van der Waals surface area (Å²) in [5.41, 5.74) is 3.50. The second kappa shape index (κ2) is 5.60. The predicted molar refractivity (Wildman–Crippen MR) is 86.1 cm³/mol. The van der Waals surface area contributed by atoms with Crippen molar-refractivity contribution in [1.82, 2.24) is 4.98 Å². The van der Waals surface area contributed by atoms with Gasteiger partial charge in [-0.2, -0.15) is 0 Å². The molecule has 1 saturated carbocycles. The predicted octanol–water partition coefficient (Wildman–Crippen LogP) is 4.67. The largest absolute Gasteiger partial charge is 0.496 e. The van der Waals surface area contributed by atoms with E-state index >= 15 is 0 Å². The van der Waals surface area contributed by atoms with E-state index in [1.54, 1.807) is 18.4 Å². The van der Waals surface area contributed by atoms with Gasteiger partial charge in [-0.25, -0.2) is 4.98 Å². The van der Waals surface area contributed by atoms with Crippen LogP contribution in [0.15, 0.2) is 6.07 Å². The first-order valence-electron chi connectivity index (χ1n) is 7.40. The van der Waals surface area contributed by atoms with Gasteiger partial charge in [0, 0.05) is 11.6 Å². The molecule has 4 heteroatoms. The van der Waals surface area contributed by atoms with Crippen molar-refractivity contribution in [2.75, 3.05) is 12.4 Å². The summed E-state index contributed by atoms with van der Waals surface area (Å²) in [5.74, 6) is 0.961. The van der Waals surface area contributed by atoms with E-state index in [9.17, 15) is 0 Å². The first-order chi connectivity index (χ1) is 9.69. The van der Waals surface area contributed by atoms with Gasteiger partial charge in [0.1, 0.15) is 5.75 Å². The van der Waals surface area contributed by atoms with Crippen molar-refractivity contribution >= 4 is 26.7 Å². The molecule has 1 aliphatic carbocycles. The minimum atomic E-state index is 0.604. The Kier molecular flexibility index (Phi) is 3.83. The molecule has 0 unspecified atom stereocenters. The Bertz CT molecular complexity index is 614. The van der Waals surface area contributed by atoms with Gasteiger partial charge in [0.15, 0.2) is 5.13 Å². The molecule has 1 aromatic carbocycles. The molecule has 0 radical (unpaired) electrons. The molecule has 1 aromatic heterocycles. The second-order valence-corrected chi connectivity index (χ2v) is 6.70. The molecule has 1 fully saturated rings. The number of nitrogens with zero attached hydrogens (tertiary/aromatic N) is 1. The first kappa shape index (κ1) is 13.7. The number of nitrogens with one attached hydrogen (secondary N) is 1. The normalized spacial score (nSPS) is 16.6. The Morgan fingerprint density at radius 1 is 1.25 bits per heavy atom. The molecule has 0 aliphatic heterocycles. The van der Waals surface area contributed by atoms with Gasteiger partial charge in [-0.05, 0) is 38.3 Å². The fourth-order valence-electron chi connectivity index (χ4n) is 3.02. The van der Waals surface area contributed by atoms with Crippen molar-refractivity contribution in [1.29, 1.82) is 0 Å². The zero-order chi connectivity index (χ0) is 14.1. The van der Waals surface area contributed by atoms with E-state index in [2.05, 4.69) is 25.2 Å². The van der Waals surface area contributed by atoms with Gasteiger partial charge in [0.2, 0.25) is 0 Å². The highest BCUT2D eigenvalue weighted by Gasteiger charge is 2.17. The van der Waals surface area contributed by atoms with Crippen LogP contribution < -0.4 is 10.1 Å². The van der Waals surface area contributed by atoms with Gasteiger partial charge in [-0.1, -0.05) is 30.6 Å². The molecule has 0 saturated heterocycles. The Balaban J connectivity index is 1.93. The average molecular weight is 290 g/mol. The summed E-state index contributed by atoms with van der Waals surface area (Å²) in [6.07, 6.45) is 6.62. The number of hydrogen-bond acceptors (Lipinski definition) is 4. The molecule has 0 amide bonds. The van der Waals surface area contributed by atoms with Gasteiger partial charge < -0.3 is 10.1 Å². The standard InChI is InChI=1S/C16H22N2OS/c1-10-9-13(19-3)11(2)15-14(10)18-16(20-15)17-12-7-5-4-6-8-12/h9,12H,4-8H2,1-3H3,(H,17,18). The fourth-order valence-corrected chi connectivity index (χ4v) is 4.13.